The van der Waals surface area contributed by atoms with Crippen LogP contribution < -0.4 is 5.32 Å². The van der Waals surface area contributed by atoms with Crippen LogP contribution >= 0.6 is 0 Å². The van der Waals surface area contributed by atoms with E-state index >= 15 is 0 Å². The quantitative estimate of drug-likeness (QED) is 0.925. The second-order valence-electron chi connectivity index (χ2n) is 5.13. The monoisotopic (exact) mass is 283 g/mol. The van der Waals surface area contributed by atoms with Crippen LogP contribution in [-0.4, -0.2) is 33.9 Å². The fourth-order valence-electron chi connectivity index (χ4n) is 2.26. The summed E-state index contributed by atoms with van der Waals surface area (Å²) in [5.74, 6) is 0. The van der Waals surface area contributed by atoms with Crippen LogP contribution in [0.25, 0.3) is 0 Å². The van der Waals surface area contributed by atoms with E-state index in [4.69, 9.17) is 4.74 Å². The maximum atomic E-state index is 11.6. The zero-order valence-corrected chi connectivity index (χ0v) is 12.3. The molecule has 1 saturated heterocycles. The number of anilines is 1. The molecule has 1 aliphatic heterocycles. The van der Waals surface area contributed by atoms with Gasteiger partial charge >= 0.3 is 0 Å². The average Bonchev–Trinajstić information content (AvgIpc) is 2.59. The SMILES string of the molecule is Cc1ccc(S(C)(=O)=O)cc1NC1CCCOCC1. The van der Waals surface area contributed by atoms with Crippen LogP contribution in [0.15, 0.2) is 23.1 Å². The highest BCUT2D eigenvalue weighted by Crippen LogP contribution is 2.23. The number of benzene rings is 1. The summed E-state index contributed by atoms with van der Waals surface area (Å²) >= 11 is 0. The van der Waals surface area contributed by atoms with Gasteiger partial charge in [-0.2, -0.15) is 0 Å². The molecule has 0 saturated carbocycles. The van der Waals surface area contributed by atoms with Crippen molar-refractivity contribution in [3.63, 3.8) is 0 Å². The van der Waals surface area contributed by atoms with Crippen molar-refractivity contribution in [2.24, 2.45) is 0 Å². The van der Waals surface area contributed by atoms with E-state index in [0.717, 1.165) is 43.7 Å². The van der Waals surface area contributed by atoms with E-state index in [1.165, 1.54) is 6.26 Å². The molecule has 1 N–H and O–H groups in total. The Morgan fingerprint density at radius 1 is 1.26 bits per heavy atom. The number of hydrogen-bond donors (Lipinski definition) is 1. The average molecular weight is 283 g/mol. The van der Waals surface area contributed by atoms with Crippen LogP contribution in [-0.2, 0) is 14.6 Å². The van der Waals surface area contributed by atoms with Gasteiger partial charge < -0.3 is 10.1 Å². The van der Waals surface area contributed by atoms with Crippen molar-refractivity contribution in [1.29, 1.82) is 0 Å². The highest BCUT2D eigenvalue weighted by molar-refractivity contribution is 7.90. The lowest BCUT2D eigenvalue weighted by Crippen LogP contribution is -2.20. The Balaban J connectivity index is 2.19. The van der Waals surface area contributed by atoms with Gasteiger partial charge in [0.2, 0.25) is 0 Å². The molecule has 0 aromatic heterocycles. The first kappa shape index (κ1) is 14.3. The van der Waals surface area contributed by atoms with E-state index in [2.05, 4.69) is 5.32 Å². The predicted molar refractivity (Wildman–Crippen MR) is 76.4 cm³/mol. The van der Waals surface area contributed by atoms with Gasteiger partial charge in [-0.1, -0.05) is 6.07 Å². The van der Waals surface area contributed by atoms with Crippen molar-refractivity contribution in [2.75, 3.05) is 24.8 Å². The van der Waals surface area contributed by atoms with E-state index < -0.39 is 9.84 Å². The molecule has 5 heteroatoms. The number of sulfone groups is 1. The summed E-state index contributed by atoms with van der Waals surface area (Å²) in [5, 5.41) is 3.46. The topological polar surface area (TPSA) is 55.4 Å². The minimum atomic E-state index is -3.15. The van der Waals surface area contributed by atoms with Gasteiger partial charge in [0.05, 0.1) is 4.90 Å². The summed E-state index contributed by atoms with van der Waals surface area (Å²) < 4.78 is 28.6. The summed E-state index contributed by atoms with van der Waals surface area (Å²) in [6.07, 6.45) is 4.30. The molecular weight excluding hydrogens is 262 g/mol. The molecule has 106 valence electrons. The molecule has 1 unspecified atom stereocenters. The first-order valence-corrected chi connectivity index (χ1v) is 8.51. The Morgan fingerprint density at radius 3 is 2.79 bits per heavy atom. The van der Waals surface area contributed by atoms with E-state index in [1.807, 2.05) is 13.0 Å². The molecule has 0 amide bonds. The zero-order chi connectivity index (χ0) is 13.9. The Labute approximate surface area is 115 Å². The number of hydrogen-bond acceptors (Lipinski definition) is 4. The maximum Gasteiger partial charge on any atom is 0.175 e. The maximum absolute atomic E-state index is 11.6. The van der Waals surface area contributed by atoms with Crippen LogP contribution in [0.3, 0.4) is 0 Å². The Bertz CT molecular complexity index is 532. The van der Waals surface area contributed by atoms with Gasteiger partial charge in [-0.05, 0) is 43.9 Å². The number of ether oxygens (including phenoxy) is 1. The predicted octanol–water partition coefficient (Wildman–Crippen LogP) is 2.38. The summed E-state index contributed by atoms with van der Waals surface area (Å²) in [6.45, 7) is 3.57. The second kappa shape index (κ2) is 5.92. The van der Waals surface area contributed by atoms with Crippen LogP contribution in [0.2, 0.25) is 0 Å². The van der Waals surface area contributed by atoms with Gasteiger partial charge in [-0.3, -0.25) is 0 Å². The van der Waals surface area contributed by atoms with E-state index in [1.54, 1.807) is 12.1 Å². The lowest BCUT2D eigenvalue weighted by atomic mass is 10.1. The Morgan fingerprint density at radius 2 is 2.05 bits per heavy atom. The molecule has 0 aliphatic carbocycles. The van der Waals surface area contributed by atoms with E-state index in [0.29, 0.717) is 10.9 Å². The van der Waals surface area contributed by atoms with Gasteiger partial charge in [0, 0.05) is 31.2 Å². The van der Waals surface area contributed by atoms with Crippen LogP contribution in [0.1, 0.15) is 24.8 Å². The molecule has 1 fully saturated rings. The number of aryl methyl sites for hydroxylation is 1. The van der Waals surface area contributed by atoms with Crippen molar-refractivity contribution in [3.05, 3.63) is 23.8 Å². The van der Waals surface area contributed by atoms with Gasteiger partial charge in [0.25, 0.3) is 0 Å². The smallest absolute Gasteiger partial charge is 0.175 e. The molecule has 19 heavy (non-hydrogen) atoms. The standard InChI is InChI=1S/C14H21NO3S/c1-11-5-6-13(19(2,16)17)10-14(11)15-12-4-3-8-18-9-7-12/h5-6,10,12,15H,3-4,7-9H2,1-2H3. The third kappa shape index (κ3) is 3.94. The summed E-state index contributed by atoms with van der Waals surface area (Å²) in [7, 11) is -3.15. The second-order valence-corrected chi connectivity index (χ2v) is 7.15. The van der Waals surface area contributed by atoms with Gasteiger partial charge in [0.1, 0.15) is 0 Å². The largest absolute Gasteiger partial charge is 0.382 e. The zero-order valence-electron chi connectivity index (χ0n) is 11.5. The molecule has 1 heterocycles. The van der Waals surface area contributed by atoms with Crippen molar-refractivity contribution in [3.8, 4) is 0 Å². The summed E-state index contributed by atoms with van der Waals surface area (Å²) in [5.41, 5.74) is 1.98. The first-order chi connectivity index (χ1) is 8.97. The van der Waals surface area contributed by atoms with E-state index in [-0.39, 0.29) is 0 Å². The lowest BCUT2D eigenvalue weighted by molar-refractivity contribution is 0.144. The van der Waals surface area contributed by atoms with Crippen molar-refractivity contribution < 1.29 is 13.2 Å². The number of rotatable bonds is 3. The molecule has 0 spiro atoms. The van der Waals surface area contributed by atoms with Crippen LogP contribution in [0.4, 0.5) is 5.69 Å². The lowest BCUT2D eigenvalue weighted by Gasteiger charge is -2.19. The molecule has 1 aliphatic rings. The van der Waals surface area contributed by atoms with Crippen molar-refractivity contribution >= 4 is 15.5 Å². The normalized spacial score (nSPS) is 20.8. The van der Waals surface area contributed by atoms with E-state index in [9.17, 15) is 8.42 Å². The first-order valence-electron chi connectivity index (χ1n) is 6.62. The summed E-state index contributed by atoms with van der Waals surface area (Å²) in [6, 6.07) is 5.60. The van der Waals surface area contributed by atoms with Gasteiger partial charge in [0.15, 0.2) is 9.84 Å². The van der Waals surface area contributed by atoms with Crippen molar-refractivity contribution in [1.82, 2.24) is 0 Å². The molecule has 1 atom stereocenters. The third-order valence-corrected chi connectivity index (χ3v) is 4.56. The molecular formula is C14H21NO3S. The minimum absolute atomic E-state index is 0.357. The van der Waals surface area contributed by atoms with Gasteiger partial charge in [-0.15, -0.1) is 0 Å². The molecule has 4 nitrogen and oxygen atoms in total. The highest BCUT2D eigenvalue weighted by Gasteiger charge is 2.15. The number of nitrogens with one attached hydrogen (secondary N) is 1. The third-order valence-electron chi connectivity index (χ3n) is 3.45. The highest BCUT2D eigenvalue weighted by atomic mass is 32.2. The Hall–Kier alpha value is -1.07. The van der Waals surface area contributed by atoms with Gasteiger partial charge in [-0.25, -0.2) is 8.42 Å². The Kier molecular flexibility index (Phi) is 4.47. The summed E-state index contributed by atoms with van der Waals surface area (Å²) in [4.78, 5) is 0.366. The molecule has 0 bridgehead atoms. The van der Waals surface area contributed by atoms with Crippen molar-refractivity contribution in [2.45, 2.75) is 37.1 Å². The molecule has 1 aromatic rings. The molecule has 1 aromatic carbocycles. The fourth-order valence-corrected chi connectivity index (χ4v) is 2.90. The van der Waals surface area contributed by atoms with Crippen LogP contribution in [0, 0.1) is 6.92 Å². The molecule has 0 radical (unpaired) electrons. The molecule has 2 rings (SSSR count). The fraction of sp³-hybridized carbons (Fsp3) is 0.571. The minimum Gasteiger partial charge on any atom is -0.382 e. The van der Waals surface area contributed by atoms with Crippen LogP contribution in [0.5, 0.6) is 0 Å².